The third-order valence-corrected chi connectivity index (χ3v) is 20.0. The van der Waals surface area contributed by atoms with Crippen LogP contribution >= 0.6 is 0 Å². The highest BCUT2D eigenvalue weighted by Gasteiger charge is 2.40. The van der Waals surface area contributed by atoms with Gasteiger partial charge in [0.25, 0.3) is 0 Å². The van der Waals surface area contributed by atoms with Gasteiger partial charge in [-0.15, -0.1) is 0 Å². The number of aromatic nitrogens is 1. The Bertz CT molecular complexity index is 4820. The summed E-state index contributed by atoms with van der Waals surface area (Å²) in [4.78, 5) is 5.00. The van der Waals surface area contributed by atoms with Gasteiger partial charge < -0.3 is 23.2 Å². The zero-order valence-corrected chi connectivity index (χ0v) is 56.5. The summed E-state index contributed by atoms with van der Waals surface area (Å²) < 4.78 is 16.4. The van der Waals surface area contributed by atoms with Gasteiger partial charge in [0.05, 0.1) is 5.52 Å². The van der Waals surface area contributed by atoms with Crippen LogP contribution in [0.1, 0.15) is 149 Å². The van der Waals surface area contributed by atoms with E-state index in [2.05, 4.69) is 325 Å². The Morgan fingerprint density at radius 3 is 1.56 bits per heavy atom. The molecule has 12 aromatic rings. The minimum absolute atomic E-state index is 0.00185. The third-order valence-electron chi connectivity index (χ3n) is 20.0. The maximum atomic E-state index is 7.19. The summed E-state index contributed by atoms with van der Waals surface area (Å²) in [5, 5.41) is 4.61. The Hall–Kier alpha value is -8.74. The summed E-state index contributed by atoms with van der Waals surface area (Å²) in [5.41, 5.74) is 26.9. The Morgan fingerprint density at radius 2 is 0.989 bits per heavy atom. The molecule has 6 heteroatoms. The topological polar surface area (TPSA) is 37.7 Å². The standard InChI is InChI=1S/C85H88BN3O2/c1-53-48-66(88(63-42-34-58(35-43-63)83(8,9)10)64-44-36-59(37-45-64)84(11,12)13)52-72-77(53)86(71-51-60(85(14,15)16)50-69-78(71)89(72)79-68-24-18-20-26-74(68)91-80(69)79)70-47-46-65(49-55(70)29-28-54-22-21-27-75-76(54)67-23-17-19-25-73(67)90-75)87(61-38-30-56(31-39-61)81(2,3)4)62-40-32-57(33-41-62)82(5,6)7/h17-27,30-32,34-52,57H,28-29,33H2,1-16H3. The highest BCUT2D eigenvalue weighted by Crippen LogP contribution is 2.46. The molecule has 0 amide bonds. The van der Waals surface area contributed by atoms with Crippen molar-refractivity contribution >= 4 is 106 Å². The van der Waals surface area contributed by atoms with Gasteiger partial charge in [0, 0.05) is 61.4 Å². The van der Waals surface area contributed by atoms with Crippen molar-refractivity contribution in [3.05, 3.63) is 245 Å². The van der Waals surface area contributed by atoms with Gasteiger partial charge >= 0.3 is 0 Å². The second-order valence-corrected chi connectivity index (χ2v) is 31.5. The first-order chi connectivity index (χ1) is 43.2. The van der Waals surface area contributed by atoms with E-state index in [-0.39, 0.29) is 33.8 Å². The minimum atomic E-state index is -0.171. The molecule has 1 unspecified atom stereocenters. The van der Waals surface area contributed by atoms with E-state index in [0.717, 1.165) is 91.7 Å². The summed E-state index contributed by atoms with van der Waals surface area (Å²) in [6.07, 6.45) is 9.90. The number of para-hydroxylation sites is 2. The first kappa shape index (κ1) is 59.9. The monoisotopic (exact) mass is 1190 g/mol. The van der Waals surface area contributed by atoms with Gasteiger partial charge in [-0.1, -0.05) is 224 Å². The van der Waals surface area contributed by atoms with Crippen LogP contribution in [0, 0.1) is 18.3 Å². The molecular formula is C85H88BN3O2. The average Bonchev–Trinajstić information content (AvgIpc) is 1.55. The van der Waals surface area contributed by atoms with Gasteiger partial charge in [-0.05, 0) is 195 Å². The number of nitrogens with zero attached hydrogens (tertiary/aromatic N) is 3. The van der Waals surface area contributed by atoms with Gasteiger partial charge in [-0.2, -0.15) is 0 Å². The molecule has 14 rings (SSSR count). The van der Waals surface area contributed by atoms with Crippen LogP contribution in [0.2, 0.25) is 0 Å². The van der Waals surface area contributed by atoms with Gasteiger partial charge in [0.2, 0.25) is 6.71 Å². The number of hydrogen-bond acceptors (Lipinski definition) is 4. The molecular weight excluding hydrogens is 1110 g/mol. The fourth-order valence-corrected chi connectivity index (χ4v) is 14.6. The SMILES string of the molecule is Cc1cc(N(c2ccc(C(C)(C)C)cc2)c2ccc(C(C)(C)C)cc2)cc2c1B(c1ccc(N(C3=CCC(C(C)(C)C)C=C3)c3ccc(C(C)(C)C)cc3)cc1CCc1cccc3oc4ccccc4c13)c1cc(C(C)(C)C)cc3c4oc5ccccc5c4n-2c13. The molecule has 0 radical (unpaired) electrons. The van der Waals surface area contributed by atoms with Gasteiger partial charge in [0.1, 0.15) is 22.3 Å². The summed E-state index contributed by atoms with van der Waals surface area (Å²) in [6, 6.07) is 69.2. The van der Waals surface area contributed by atoms with Crippen LogP contribution in [0.15, 0.2) is 215 Å². The largest absolute Gasteiger partial charge is 0.456 e. The van der Waals surface area contributed by atoms with E-state index in [4.69, 9.17) is 8.83 Å². The predicted molar refractivity (Wildman–Crippen MR) is 390 cm³/mol. The summed E-state index contributed by atoms with van der Waals surface area (Å²) >= 11 is 0. The lowest BCUT2D eigenvalue weighted by Gasteiger charge is -2.35. The molecule has 0 saturated heterocycles. The lowest BCUT2D eigenvalue weighted by molar-refractivity contribution is 0.293. The van der Waals surface area contributed by atoms with Crippen LogP contribution in [-0.4, -0.2) is 11.3 Å². The third kappa shape index (κ3) is 10.6. The van der Waals surface area contributed by atoms with Crippen molar-refractivity contribution in [1.82, 2.24) is 4.57 Å². The Labute approximate surface area is 540 Å². The highest BCUT2D eigenvalue weighted by atomic mass is 16.3. The van der Waals surface area contributed by atoms with Gasteiger partial charge in [0.15, 0.2) is 5.58 Å². The second-order valence-electron chi connectivity index (χ2n) is 31.5. The van der Waals surface area contributed by atoms with Crippen LogP contribution < -0.4 is 26.2 Å². The van der Waals surface area contributed by atoms with E-state index >= 15 is 0 Å². The van der Waals surface area contributed by atoms with Gasteiger partial charge in [-0.25, -0.2) is 0 Å². The zero-order valence-electron chi connectivity index (χ0n) is 56.5. The second kappa shape index (κ2) is 21.7. The molecule has 3 aromatic heterocycles. The normalized spacial score (nSPS) is 14.7. The number of anilines is 5. The Balaban J connectivity index is 1.05. The predicted octanol–water partition coefficient (Wildman–Crippen LogP) is 21.7. The van der Waals surface area contributed by atoms with Crippen molar-refractivity contribution < 1.29 is 8.83 Å². The zero-order chi connectivity index (χ0) is 63.8. The molecule has 0 fully saturated rings. The van der Waals surface area contributed by atoms with Crippen molar-refractivity contribution in [2.24, 2.45) is 11.3 Å². The quantitative estimate of drug-likeness (QED) is 0.128. The number of benzene rings is 9. The number of allylic oxidation sites excluding steroid dienone is 3. The Kier molecular flexibility index (Phi) is 14.3. The fourth-order valence-electron chi connectivity index (χ4n) is 14.6. The molecule has 0 saturated carbocycles. The molecule has 91 heavy (non-hydrogen) atoms. The smallest absolute Gasteiger partial charge is 0.247 e. The molecule has 4 heterocycles. The van der Waals surface area contributed by atoms with E-state index < -0.39 is 0 Å². The van der Waals surface area contributed by atoms with Crippen LogP contribution in [0.4, 0.5) is 28.4 Å². The maximum Gasteiger partial charge on any atom is 0.247 e. The van der Waals surface area contributed by atoms with Crippen molar-refractivity contribution in [1.29, 1.82) is 0 Å². The van der Waals surface area contributed by atoms with Crippen LogP contribution in [0.5, 0.6) is 0 Å². The molecule has 0 spiro atoms. The van der Waals surface area contributed by atoms with E-state index in [9.17, 15) is 0 Å². The van der Waals surface area contributed by atoms with Crippen molar-refractivity contribution in [2.45, 2.75) is 152 Å². The van der Waals surface area contributed by atoms with Crippen LogP contribution in [0.3, 0.4) is 0 Å². The maximum absolute atomic E-state index is 7.19. The van der Waals surface area contributed by atoms with Crippen molar-refractivity contribution in [2.75, 3.05) is 9.80 Å². The molecule has 9 aromatic carbocycles. The molecule has 1 atom stereocenters. The van der Waals surface area contributed by atoms with E-state index in [1.165, 1.54) is 77.6 Å². The van der Waals surface area contributed by atoms with Crippen LogP contribution in [0.25, 0.3) is 60.6 Å². The highest BCUT2D eigenvalue weighted by molar-refractivity contribution is 6.98. The fraction of sp³-hybridized carbons (Fsp3) is 0.294. The van der Waals surface area contributed by atoms with E-state index in [1.54, 1.807) is 0 Å². The molecule has 0 bridgehead atoms. The van der Waals surface area contributed by atoms with Crippen LogP contribution in [-0.2, 0) is 34.5 Å². The number of furan rings is 2. The van der Waals surface area contributed by atoms with Gasteiger partial charge in [-0.3, -0.25) is 0 Å². The summed E-state index contributed by atoms with van der Waals surface area (Å²) in [6.45, 7) is 37.1. The minimum Gasteiger partial charge on any atom is -0.456 e. The lowest BCUT2D eigenvalue weighted by atomic mass is 9.34. The molecule has 2 aliphatic rings. The van der Waals surface area contributed by atoms with Crippen molar-refractivity contribution in [3.8, 4) is 5.69 Å². The van der Waals surface area contributed by atoms with E-state index in [0.29, 0.717) is 5.92 Å². The number of fused-ring (bicyclic) bond motifs is 10. The summed E-state index contributed by atoms with van der Waals surface area (Å²) in [5.74, 6) is 0.436. The van der Waals surface area contributed by atoms with E-state index in [1.807, 2.05) is 0 Å². The lowest BCUT2D eigenvalue weighted by Crippen LogP contribution is -2.58. The number of hydrogen-bond donors (Lipinski definition) is 0. The molecule has 1 aliphatic carbocycles. The molecule has 458 valence electrons. The summed E-state index contributed by atoms with van der Waals surface area (Å²) in [7, 11) is 0. The molecule has 5 nitrogen and oxygen atoms in total. The van der Waals surface area contributed by atoms with Crippen molar-refractivity contribution in [3.63, 3.8) is 0 Å². The first-order valence-corrected chi connectivity index (χ1v) is 33.2. The number of aryl methyl sites for hydroxylation is 3. The Morgan fingerprint density at radius 1 is 0.451 bits per heavy atom. The average molecular weight is 1190 g/mol. The molecule has 1 aliphatic heterocycles. The molecule has 0 N–H and O–H groups in total. The first-order valence-electron chi connectivity index (χ1n) is 33.2. The number of rotatable bonds is 10.